The number of nitrogens with one attached hydrogen (secondary N) is 1. The molecular weight excluding hydrogens is 574 g/mol. The van der Waals surface area contributed by atoms with Crippen molar-refractivity contribution in [2.75, 3.05) is 18.0 Å². The van der Waals surface area contributed by atoms with Crippen molar-refractivity contribution < 1.29 is 22.7 Å². The molecule has 1 N–H and O–H groups in total. The monoisotopic (exact) mass is 611 g/mol. The van der Waals surface area contributed by atoms with Gasteiger partial charge in [-0.1, -0.05) is 74.2 Å². The summed E-state index contributed by atoms with van der Waals surface area (Å²) in [6, 6.07) is 20.8. The molecule has 3 aromatic carbocycles. The zero-order valence-electron chi connectivity index (χ0n) is 24.0. The summed E-state index contributed by atoms with van der Waals surface area (Å²) in [7, 11) is -2.62. The van der Waals surface area contributed by atoms with Crippen LogP contribution in [0.25, 0.3) is 0 Å². The average molecular weight is 612 g/mol. The number of hydrogen-bond donors (Lipinski definition) is 1. The highest BCUT2D eigenvalue weighted by atomic mass is 35.5. The van der Waals surface area contributed by atoms with Gasteiger partial charge < -0.3 is 15.0 Å². The molecule has 0 spiro atoms. The van der Waals surface area contributed by atoms with E-state index in [2.05, 4.69) is 5.32 Å². The van der Waals surface area contributed by atoms with Gasteiger partial charge in [0, 0.05) is 17.6 Å². The first-order valence-corrected chi connectivity index (χ1v) is 16.1. The maximum Gasteiger partial charge on any atom is 0.264 e. The summed E-state index contributed by atoms with van der Waals surface area (Å²) in [4.78, 5) is 29.3. The number of hydrogen-bond acceptors (Lipinski definition) is 5. The van der Waals surface area contributed by atoms with E-state index in [1.807, 2.05) is 13.0 Å². The van der Waals surface area contributed by atoms with E-state index in [1.165, 1.54) is 24.1 Å². The van der Waals surface area contributed by atoms with Crippen LogP contribution >= 0.6 is 11.6 Å². The molecule has 0 heterocycles. The molecule has 1 saturated carbocycles. The Morgan fingerprint density at radius 2 is 1.60 bits per heavy atom. The van der Waals surface area contributed by atoms with Gasteiger partial charge in [-0.2, -0.15) is 0 Å². The molecule has 2 amide bonds. The van der Waals surface area contributed by atoms with Gasteiger partial charge in [0.25, 0.3) is 10.0 Å². The normalized spacial score (nSPS) is 14.5. The highest BCUT2D eigenvalue weighted by molar-refractivity contribution is 7.92. The smallest absolute Gasteiger partial charge is 0.264 e. The van der Waals surface area contributed by atoms with Gasteiger partial charge in [-0.25, -0.2) is 8.42 Å². The zero-order valence-corrected chi connectivity index (χ0v) is 25.6. The predicted molar refractivity (Wildman–Crippen MR) is 165 cm³/mol. The Kier molecular flexibility index (Phi) is 10.9. The van der Waals surface area contributed by atoms with Gasteiger partial charge in [-0.3, -0.25) is 13.9 Å². The summed E-state index contributed by atoms with van der Waals surface area (Å²) >= 11 is 6.48. The van der Waals surface area contributed by atoms with E-state index < -0.39 is 28.5 Å². The lowest BCUT2D eigenvalue weighted by Crippen LogP contribution is -2.54. The van der Waals surface area contributed by atoms with Gasteiger partial charge in [0.05, 0.1) is 17.7 Å². The van der Waals surface area contributed by atoms with Crippen LogP contribution in [0.3, 0.4) is 0 Å². The molecule has 8 nitrogen and oxygen atoms in total. The zero-order chi connectivity index (χ0) is 30.1. The molecule has 224 valence electrons. The fraction of sp³-hybridized carbons (Fsp3) is 0.375. The van der Waals surface area contributed by atoms with Crippen molar-refractivity contribution in [2.45, 2.75) is 69.0 Å². The summed E-state index contributed by atoms with van der Waals surface area (Å²) in [5, 5.41) is 3.61. The van der Waals surface area contributed by atoms with E-state index in [1.54, 1.807) is 60.7 Å². The number of anilines is 1. The third-order valence-corrected chi connectivity index (χ3v) is 9.76. The third kappa shape index (κ3) is 7.63. The minimum absolute atomic E-state index is 0.0494. The average Bonchev–Trinajstić information content (AvgIpc) is 3.01. The SMILES string of the molecule is CCC(C(=O)NC1CCCCC1)N(Cc1ccccc1Cl)C(=O)CN(c1ccc(OC)cc1)S(=O)(=O)c1ccccc1. The molecule has 1 aliphatic rings. The fourth-order valence-electron chi connectivity index (χ4n) is 5.27. The molecule has 1 aliphatic carbocycles. The number of halogens is 1. The molecule has 1 atom stereocenters. The molecule has 0 saturated heterocycles. The maximum atomic E-state index is 14.2. The van der Waals surface area contributed by atoms with Crippen molar-refractivity contribution in [1.29, 1.82) is 0 Å². The van der Waals surface area contributed by atoms with E-state index in [0.29, 0.717) is 28.4 Å². The molecule has 4 rings (SSSR count). The Hall–Kier alpha value is -3.56. The number of carbonyl (C=O) groups excluding carboxylic acids is 2. The lowest BCUT2D eigenvalue weighted by atomic mass is 9.95. The summed E-state index contributed by atoms with van der Waals surface area (Å²) in [6.07, 6.45) is 5.42. The first kappa shape index (κ1) is 31.4. The minimum atomic E-state index is -4.14. The van der Waals surface area contributed by atoms with Crippen molar-refractivity contribution in [3.8, 4) is 5.75 Å². The summed E-state index contributed by atoms with van der Waals surface area (Å²) in [5.74, 6) is -0.212. The molecule has 10 heteroatoms. The van der Waals surface area contributed by atoms with Gasteiger partial charge in [-0.15, -0.1) is 0 Å². The fourth-order valence-corrected chi connectivity index (χ4v) is 6.90. The number of rotatable bonds is 12. The van der Waals surface area contributed by atoms with Gasteiger partial charge in [-0.05, 0) is 67.3 Å². The molecular formula is C32H38ClN3O5S. The Bertz CT molecular complexity index is 1440. The van der Waals surface area contributed by atoms with Crippen molar-refractivity contribution >= 4 is 39.1 Å². The quantitative estimate of drug-likeness (QED) is 0.279. The predicted octanol–water partition coefficient (Wildman–Crippen LogP) is 5.80. The number of ether oxygens (including phenoxy) is 1. The van der Waals surface area contributed by atoms with E-state index in [4.69, 9.17) is 16.3 Å². The van der Waals surface area contributed by atoms with Crippen LogP contribution in [0.5, 0.6) is 5.75 Å². The van der Waals surface area contributed by atoms with Crippen LogP contribution in [-0.2, 0) is 26.2 Å². The first-order chi connectivity index (χ1) is 20.2. The molecule has 1 unspecified atom stereocenters. The van der Waals surface area contributed by atoms with Crippen molar-refractivity contribution in [3.63, 3.8) is 0 Å². The number of carbonyl (C=O) groups is 2. The van der Waals surface area contributed by atoms with Crippen LogP contribution in [0.4, 0.5) is 5.69 Å². The largest absolute Gasteiger partial charge is 0.497 e. The second-order valence-corrected chi connectivity index (χ2v) is 12.7. The van der Waals surface area contributed by atoms with Crippen LogP contribution in [0.2, 0.25) is 5.02 Å². The Morgan fingerprint density at radius 3 is 2.21 bits per heavy atom. The standard InChI is InChI=1S/C32H38ClN3O5S/c1-3-30(32(38)34-25-13-6-4-7-14-25)35(22-24-12-10-11-17-29(24)33)31(37)23-36(26-18-20-27(41-2)21-19-26)42(39,40)28-15-8-5-9-16-28/h5,8-12,15-21,25,30H,3-4,6-7,13-14,22-23H2,1-2H3,(H,34,38). The van der Waals surface area contributed by atoms with Gasteiger partial charge >= 0.3 is 0 Å². The number of sulfonamides is 1. The van der Waals surface area contributed by atoms with Crippen LogP contribution < -0.4 is 14.4 Å². The highest BCUT2D eigenvalue weighted by Gasteiger charge is 2.34. The second-order valence-electron chi connectivity index (χ2n) is 10.4. The van der Waals surface area contributed by atoms with E-state index >= 15 is 0 Å². The van der Waals surface area contributed by atoms with Crippen LogP contribution in [-0.4, -0.2) is 50.9 Å². The van der Waals surface area contributed by atoms with Crippen molar-refractivity contribution in [3.05, 3.63) is 89.4 Å². The topological polar surface area (TPSA) is 96.0 Å². The van der Waals surface area contributed by atoms with Crippen LogP contribution in [0.1, 0.15) is 51.0 Å². The summed E-state index contributed by atoms with van der Waals surface area (Å²) < 4.78 is 34.2. The Balaban J connectivity index is 1.70. The number of methoxy groups -OCH3 is 1. The van der Waals surface area contributed by atoms with E-state index in [0.717, 1.165) is 36.4 Å². The van der Waals surface area contributed by atoms with E-state index in [-0.39, 0.29) is 23.4 Å². The number of nitrogens with zero attached hydrogens (tertiary/aromatic N) is 2. The Morgan fingerprint density at radius 1 is 0.952 bits per heavy atom. The van der Waals surface area contributed by atoms with Crippen LogP contribution in [0.15, 0.2) is 83.8 Å². The number of benzene rings is 3. The van der Waals surface area contributed by atoms with Crippen molar-refractivity contribution in [1.82, 2.24) is 10.2 Å². The third-order valence-electron chi connectivity index (χ3n) is 7.61. The Labute approximate surface area is 253 Å². The maximum absolute atomic E-state index is 14.2. The lowest BCUT2D eigenvalue weighted by molar-refractivity contribution is -0.140. The summed E-state index contributed by atoms with van der Waals surface area (Å²) in [5.41, 5.74) is 0.962. The first-order valence-electron chi connectivity index (χ1n) is 14.3. The highest BCUT2D eigenvalue weighted by Crippen LogP contribution is 2.27. The van der Waals surface area contributed by atoms with Gasteiger partial charge in [0.15, 0.2) is 0 Å². The van der Waals surface area contributed by atoms with Crippen LogP contribution in [0, 0.1) is 0 Å². The minimum Gasteiger partial charge on any atom is -0.497 e. The number of amides is 2. The van der Waals surface area contributed by atoms with E-state index in [9.17, 15) is 18.0 Å². The molecule has 0 aliphatic heterocycles. The second kappa shape index (κ2) is 14.6. The lowest BCUT2D eigenvalue weighted by Gasteiger charge is -2.34. The summed E-state index contributed by atoms with van der Waals surface area (Å²) in [6.45, 7) is 1.39. The molecule has 0 aromatic heterocycles. The molecule has 0 radical (unpaired) electrons. The van der Waals surface area contributed by atoms with Gasteiger partial charge in [0.1, 0.15) is 18.3 Å². The molecule has 1 fully saturated rings. The molecule has 3 aromatic rings. The van der Waals surface area contributed by atoms with Crippen molar-refractivity contribution in [2.24, 2.45) is 0 Å². The molecule has 42 heavy (non-hydrogen) atoms. The molecule has 0 bridgehead atoms. The van der Waals surface area contributed by atoms with Gasteiger partial charge in [0.2, 0.25) is 11.8 Å².